The summed E-state index contributed by atoms with van der Waals surface area (Å²) < 4.78 is 24.8. The van der Waals surface area contributed by atoms with Gasteiger partial charge in [0.2, 0.25) is 0 Å². The van der Waals surface area contributed by atoms with Crippen molar-refractivity contribution in [3.8, 4) is 0 Å². The number of rotatable bonds is 3. The first-order chi connectivity index (χ1) is 6.60. The van der Waals surface area contributed by atoms with E-state index in [1.54, 1.807) is 0 Å². The van der Waals surface area contributed by atoms with Crippen molar-refractivity contribution in [3.63, 3.8) is 0 Å². The van der Waals surface area contributed by atoms with E-state index in [-0.39, 0.29) is 22.2 Å². The van der Waals surface area contributed by atoms with E-state index in [1.807, 2.05) is 0 Å². The van der Waals surface area contributed by atoms with Crippen LogP contribution < -0.4 is 0 Å². The Labute approximate surface area is 88.8 Å². The molecule has 0 spiro atoms. The molecule has 0 aliphatic rings. The molecule has 1 heterocycles. The smallest absolute Gasteiger partial charge is 0.280 e. The van der Waals surface area contributed by atoms with E-state index >= 15 is 0 Å². The molecule has 0 aliphatic carbocycles. The molecule has 0 saturated heterocycles. The Balaban J connectivity index is 3.32. The van der Waals surface area contributed by atoms with E-state index in [0.717, 1.165) is 0 Å². The summed E-state index contributed by atoms with van der Waals surface area (Å²) >= 11 is 11.0. The fourth-order valence-corrected chi connectivity index (χ4v) is 1.37. The van der Waals surface area contributed by atoms with Crippen LogP contribution in [0.15, 0.2) is 6.07 Å². The number of pyridine rings is 1. The van der Waals surface area contributed by atoms with Gasteiger partial charge in [-0.05, 0) is 11.6 Å². The maximum atomic E-state index is 12.4. The molecule has 1 aromatic heterocycles. The largest absolute Gasteiger partial charge is 0.296 e. The van der Waals surface area contributed by atoms with Crippen LogP contribution in [-0.2, 0) is 5.88 Å². The molecule has 0 radical (unpaired) electrons. The molecule has 2 nitrogen and oxygen atoms in total. The zero-order chi connectivity index (χ0) is 10.7. The summed E-state index contributed by atoms with van der Waals surface area (Å²) in [5.41, 5.74) is -0.556. The predicted molar refractivity (Wildman–Crippen MR) is 49.1 cm³/mol. The molecule has 76 valence electrons. The van der Waals surface area contributed by atoms with Gasteiger partial charge in [0.25, 0.3) is 6.43 Å². The molecule has 0 aliphatic heterocycles. The number of carbonyl (C=O) groups excluding carboxylic acids is 1. The zero-order valence-corrected chi connectivity index (χ0v) is 8.32. The van der Waals surface area contributed by atoms with Gasteiger partial charge in [0.15, 0.2) is 6.29 Å². The highest BCUT2D eigenvalue weighted by Gasteiger charge is 2.17. The number of carbonyl (C=O) groups is 1. The minimum atomic E-state index is -2.76. The number of hydrogen-bond acceptors (Lipinski definition) is 2. The van der Waals surface area contributed by atoms with Gasteiger partial charge in [-0.15, -0.1) is 11.6 Å². The number of hydrogen-bond donors (Lipinski definition) is 0. The summed E-state index contributed by atoms with van der Waals surface area (Å²) in [4.78, 5) is 13.8. The lowest BCUT2D eigenvalue weighted by atomic mass is 10.2. The molecule has 0 N–H and O–H groups in total. The zero-order valence-electron chi connectivity index (χ0n) is 6.81. The number of halogens is 4. The monoisotopic (exact) mass is 239 g/mol. The average Bonchev–Trinajstić information content (AvgIpc) is 2.16. The average molecular weight is 240 g/mol. The quantitative estimate of drug-likeness (QED) is 0.599. The fraction of sp³-hybridized carbons (Fsp3) is 0.250. The molecular formula is C8H5Cl2F2NO. The maximum absolute atomic E-state index is 12.4. The Morgan fingerprint density at radius 2 is 2.21 bits per heavy atom. The Morgan fingerprint density at radius 1 is 1.57 bits per heavy atom. The molecule has 1 aromatic rings. The van der Waals surface area contributed by atoms with Crippen LogP contribution in [-0.4, -0.2) is 11.3 Å². The topological polar surface area (TPSA) is 30.0 Å². The van der Waals surface area contributed by atoms with E-state index in [4.69, 9.17) is 23.2 Å². The normalized spacial score (nSPS) is 10.6. The van der Waals surface area contributed by atoms with Crippen molar-refractivity contribution in [1.82, 2.24) is 4.98 Å². The Hall–Kier alpha value is -0.740. The lowest BCUT2D eigenvalue weighted by Gasteiger charge is -2.06. The summed E-state index contributed by atoms with van der Waals surface area (Å²) in [6.45, 7) is 0. The van der Waals surface area contributed by atoms with Gasteiger partial charge in [-0.25, -0.2) is 13.8 Å². The lowest BCUT2D eigenvalue weighted by Crippen LogP contribution is -2.01. The van der Waals surface area contributed by atoms with Crippen LogP contribution in [0.4, 0.5) is 8.78 Å². The standard InChI is InChI=1S/C8H5Cl2F2NO/c9-2-4-1-5(10)6(3-14)13-7(4)8(11)12/h1,3,8H,2H2. The van der Waals surface area contributed by atoms with Crippen LogP contribution in [0.5, 0.6) is 0 Å². The van der Waals surface area contributed by atoms with Gasteiger partial charge >= 0.3 is 0 Å². The van der Waals surface area contributed by atoms with Crippen LogP contribution in [0.2, 0.25) is 5.02 Å². The van der Waals surface area contributed by atoms with Gasteiger partial charge in [0, 0.05) is 5.88 Å². The van der Waals surface area contributed by atoms with E-state index in [0.29, 0.717) is 6.29 Å². The van der Waals surface area contributed by atoms with Crippen LogP contribution in [0.25, 0.3) is 0 Å². The number of nitrogens with zero attached hydrogens (tertiary/aromatic N) is 1. The molecule has 0 unspecified atom stereocenters. The minimum Gasteiger partial charge on any atom is -0.296 e. The van der Waals surface area contributed by atoms with Crippen molar-refractivity contribution in [2.24, 2.45) is 0 Å². The molecular weight excluding hydrogens is 235 g/mol. The third-order valence-corrected chi connectivity index (χ3v) is 2.17. The molecule has 1 rings (SSSR count). The Kier molecular flexibility index (Phi) is 3.77. The van der Waals surface area contributed by atoms with Crippen molar-refractivity contribution in [2.75, 3.05) is 0 Å². The van der Waals surface area contributed by atoms with Gasteiger partial charge in [-0.1, -0.05) is 11.6 Å². The summed E-state index contributed by atoms with van der Waals surface area (Å²) in [5.74, 6) is -0.120. The highest BCUT2D eigenvalue weighted by molar-refractivity contribution is 6.32. The second-order valence-electron chi connectivity index (χ2n) is 2.45. The van der Waals surface area contributed by atoms with Crippen molar-refractivity contribution >= 4 is 29.5 Å². The molecule has 0 atom stereocenters. The van der Waals surface area contributed by atoms with Crippen molar-refractivity contribution in [3.05, 3.63) is 28.0 Å². The predicted octanol–water partition coefficient (Wildman–Crippen LogP) is 3.22. The van der Waals surface area contributed by atoms with Crippen LogP contribution >= 0.6 is 23.2 Å². The third kappa shape index (κ3) is 2.19. The third-order valence-electron chi connectivity index (χ3n) is 1.58. The van der Waals surface area contributed by atoms with Gasteiger partial charge in [0.05, 0.1) is 5.02 Å². The summed E-state index contributed by atoms with van der Waals surface area (Å²) in [5, 5.41) is 0.0278. The van der Waals surface area contributed by atoms with Gasteiger partial charge in [-0.3, -0.25) is 4.79 Å². The molecule has 14 heavy (non-hydrogen) atoms. The maximum Gasteiger partial charge on any atom is 0.280 e. The second-order valence-corrected chi connectivity index (χ2v) is 3.13. The van der Waals surface area contributed by atoms with E-state index in [9.17, 15) is 13.6 Å². The minimum absolute atomic E-state index is 0.0278. The summed E-state index contributed by atoms with van der Waals surface area (Å²) in [6.07, 6.45) is -2.44. The van der Waals surface area contributed by atoms with Crippen molar-refractivity contribution in [2.45, 2.75) is 12.3 Å². The van der Waals surface area contributed by atoms with Crippen molar-refractivity contribution < 1.29 is 13.6 Å². The molecule has 6 heteroatoms. The lowest BCUT2D eigenvalue weighted by molar-refractivity contribution is 0.111. The van der Waals surface area contributed by atoms with Gasteiger partial charge in [0.1, 0.15) is 11.4 Å². The van der Waals surface area contributed by atoms with Gasteiger partial charge < -0.3 is 0 Å². The molecule has 0 fully saturated rings. The first kappa shape index (κ1) is 11.3. The first-order valence-corrected chi connectivity index (χ1v) is 4.50. The number of aromatic nitrogens is 1. The Bertz CT molecular complexity index is 357. The van der Waals surface area contributed by atoms with Crippen LogP contribution in [0.1, 0.15) is 28.2 Å². The second kappa shape index (κ2) is 4.66. The molecule has 0 saturated carbocycles. The summed E-state index contributed by atoms with van der Waals surface area (Å²) in [6, 6.07) is 1.23. The molecule has 0 amide bonds. The highest BCUT2D eigenvalue weighted by atomic mass is 35.5. The van der Waals surface area contributed by atoms with E-state index < -0.39 is 12.1 Å². The fourth-order valence-electron chi connectivity index (χ4n) is 0.934. The van der Waals surface area contributed by atoms with Crippen LogP contribution in [0.3, 0.4) is 0 Å². The molecule has 0 aromatic carbocycles. The summed E-state index contributed by atoms with van der Waals surface area (Å²) in [7, 11) is 0. The Morgan fingerprint density at radius 3 is 2.64 bits per heavy atom. The van der Waals surface area contributed by atoms with Crippen molar-refractivity contribution in [1.29, 1.82) is 0 Å². The van der Waals surface area contributed by atoms with Gasteiger partial charge in [-0.2, -0.15) is 0 Å². The highest BCUT2D eigenvalue weighted by Crippen LogP contribution is 2.26. The van der Waals surface area contributed by atoms with E-state index in [2.05, 4.69) is 4.98 Å². The first-order valence-electron chi connectivity index (χ1n) is 3.58. The SMILES string of the molecule is O=Cc1nc(C(F)F)c(CCl)cc1Cl. The molecule has 0 bridgehead atoms. The van der Waals surface area contributed by atoms with E-state index in [1.165, 1.54) is 6.07 Å². The van der Waals surface area contributed by atoms with Crippen LogP contribution in [0, 0.1) is 0 Å². The number of aldehydes is 1. The number of alkyl halides is 3.